The van der Waals surface area contributed by atoms with Crippen LogP contribution in [0.15, 0.2) is 18.6 Å². The Balaban J connectivity index is 2.11. The monoisotopic (exact) mass is 263 g/mol. The molecule has 0 amide bonds. The molecule has 9 heteroatoms. The maximum atomic E-state index is 12.3. The van der Waals surface area contributed by atoms with Crippen LogP contribution in [0.2, 0.25) is 0 Å². The van der Waals surface area contributed by atoms with Crippen molar-refractivity contribution < 1.29 is 13.2 Å². The van der Waals surface area contributed by atoms with Crippen molar-refractivity contribution in [2.24, 2.45) is 5.84 Å². The van der Waals surface area contributed by atoms with Gasteiger partial charge in [-0.15, -0.1) is 0 Å². The minimum atomic E-state index is -4.37. The number of aromatic nitrogens is 3. The molecule has 0 fully saturated rings. The molecule has 0 atom stereocenters. The highest BCUT2D eigenvalue weighted by Crippen LogP contribution is 2.28. The Morgan fingerprint density at radius 3 is 2.71 bits per heavy atom. The third-order valence-corrected chi connectivity index (χ3v) is 2.87. The molecular formula is C8H8F3N5S. The maximum absolute atomic E-state index is 12.3. The smallest absolute Gasteiger partial charge is 0.300 e. The van der Waals surface area contributed by atoms with Gasteiger partial charge in [0.2, 0.25) is 0 Å². The topological polar surface area (TPSA) is 68.8 Å². The summed E-state index contributed by atoms with van der Waals surface area (Å²) >= 11 is 1.26. The van der Waals surface area contributed by atoms with Crippen LogP contribution in [0.1, 0.15) is 10.4 Å². The van der Waals surface area contributed by atoms with Crippen molar-refractivity contribution in [3.8, 4) is 0 Å². The van der Waals surface area contributed by atoms with Crippen LogP contribution in [0, 0.1) is 0 Å². The van der Waals surface area contributed by atoms with E-state index in [1.165, 1.54) is 22.2 Å². The number of anilines is 1. The van der Waals surface area contributed by atoms with E-state index in [4.69, 9.17) is 5.84 Å². The van der Waals surface area contributed by atoms with Crippen LogP contribution in [-0.2, 0) is 12.7 Å². The average molecular weight is 263 g/mol. The number of alkyl halides is 3. The molecule has 2 aromatic heterocycles. The van der Waals surface area contributed by atoms with Gasteiger partial charge in [0.05, 0.1) is 18.3 Å². The minimum absolute atomic E-state index is 0.232. The van der Waals surface area contributed by atoms with Gasteiger partial charge in [0.25, 0.3) is 0 Å². The van der Waals surface area contributed by atoms with Gasteiger partial charge >= 0.3 is 6.18 Å². The van der Waals surface area contributed by atoms with E-state index in [-0.39, 0.29) is 6.54 Å². The van der Waals surface area contributed by atoms with Crippen molar-refractivity contribution >= 4 is 16.5 Å². The molecule has 0 spiro atoms. The highest BCUT2D eigenvalue weighted by Gasteiger charge is 2.32. The summed E-state index contributed by atoms with van der Waals surface area (Å²) in [7, 11) is 0. The van der Waals surface area contributed by atoms with Gasteiger partial charge in [0.1, 0.15) is 0 Å². The fourth-order valence-electron chi connectivity index (χ4n) is 1.20. The lowest BCUT2D eigenvalue weighted by Crippen LogP contribution is -2.05. The number of nitrogen functional groups attached to an aromatic ring is 1. The molecule has 5 nitrogen and oxygen atoms in total. The summed E-state index contributed by atoms with van der Waals surface area (Å²) in [5.74, 6) is 5.14. The highest BCUT2D eigenvalue weighted by atomic mass is 32.1. The maximum Gasteiger partial charge on any atom is 0.419 e. The first-order chi connectivity index (χ1) is 7.99. The zero-order valence-corrected chi connectivity index (χ0v) is 9.22. The van der Waals surface area contributed by atoms with Gasteiger partial charge in [-0.2, -0.15) is 18.3 Å². The SMILES string of the molecule is NNc1ncc(Cn2cc(C(F)(F)F)cn2)s1. The fraction of sp³-hybridized carbons (Fsp3) is 0.250. The summed E-state index contributed by atoms with van der Waals surface area (Å²) in [5.41, 5.74) is 1.60. The molecule has 92 valence electrons. The normalized spacial score (nSPS) is 11.8. The molecule has 2 rings (SSSR count). The Morgan fingerprint density at radius 1 is 1.41 bits per heavy atom. The van der Waals surface area contributed by atoms with Crippen molar-refractivity contribution in [3.63, 3.8) is 0 Å². The molecule has 0 bridgehead atoms. The molecule has 3 N–H and O–H groups in total. The van der Waals surface area contributed by atoms with Crippen LogP contribution in [0.25, 0.3) is 0 Å². The average Bonchev–Trinajstić information content (AvgIpc) is 2.86. The Kier molecular flexibility index (Phi) is 3.03. The molecule has 0 saturated heterocycles. The van der Waals surface area contributed by atoms with E-state index < -0.39 is 11.7 Å². The van der Waals surface area contributed by atoms with Crippen LogP contribution in [0.5, 0.6) is 0 Å². The largest absolute Gasteiger partial charge is 0.419 e. The van der Waals surface area contributed by atoms with E-state index in [0.717, 1.165) is 17.3 Å². The number of nitrogens with two attached hydrogens (primary N) is 1. The molecule has 0 aliphatic carbocycles. The number of nitrogens with zero attached hydrogens (tertiary/aromatic N) is 3. The first kappa shape index (κ1) is 11.9. The highest BCUT2D eigenvalue weighted by molar-refractivity contribution is 7.15. The standard InChI is InChI=1S/C8H8F3N5S/c9-8(10,11)5-1-14-16(3-5)4-6-2-13-7(15-12)17-6/h1-3H,4,12H2,(H,13,15). The van der Waals surface area contributed by atoms with E-state index in [1.807, 2.05) is 0 Å². The number of halogens is 3. The summed E-state index contributed by atoms with van der Waals surface area (Å²) in [4.78, 5) is 4.66. The first-order valence-electron chi connectivity index (χ1n) is 4.50. The minimum Gasteiger partial charge on any atom is -0.300 e. The molecule has 0 radical (unpaired) electrons. The summed E-state index contributed by atoms with van der Waals surface area (Å²) < 4.78 is 38.1. The van der Waals surface area contributed by atoms with Crippen LogP contribution in [0.3, 0.4) is 0 Å². The number of hydrogen-bond donors (Lipinski definition) is 2. The van der Waals surface area contributed by atoms with E-state index in [0.29, 0.717) is 5.13 Å². The van der Waals surface area contributed by atoms with E-state index in [1.54, 1.807) is 0 Å². The summed E-state index contributed by atoms with van der Waals surface area (Å²) in [6, 6.07) is 0. The quantitative estimate of drug-likeness (QED) is 0.653. The lowest BCUT2D eigenvalue weighted by Gasteiger charge is -2.00. The van der Waals surface area contributed by atoms with Crippen molar-refractivity contribution in [2.75, 3.05) is 5.43 Å². The Bertz CT molecular complexity index is 503. The van der Waals surface area contributed by atoms with Crippen molar-refractivity contribution in [1.82, 2.24) is 14.8 Å². The van der Waals surface area contributed by atoms with E-state index >= 15 is 0 Å². The van der Waals surface area contributed by atoms with Gasteiger partial charge < -0.3 is 0 Å². The van der Waals surface area contributed by atoms with Crippen LogP contribution < -0.4 is 11.3 Å². The zero-order chi connectivity index (χ0) is 12.5. The zero-order valence-electron chi connectivity index (χ0n) is 8.40. The first-order valence-corrected chi connectivity index (χ1v) is 5.31. The number of rotatable bonds is 3. The molecular weight excluding hydrogens is 255 g/mol. The second-order valence-electron chi connectivity index (χ2n) is 3.20. The molecule has 2 heterocycles. The molecule has 0 aromatic carbocycles. The van der Waals surface area contributed by atoms with Crippen LogP contribution >= 0.6 is 11.3 Å². The molecule has 2 aromatic rings. The molecule has 0 saturated carbocycles. The summed E-state index contributed by atoms with van der Waals surface area (Å²) in [6.45, 7) is 0.232. The Hall–Kier alpha value is -1.61. The summed E-state index contributed by atoms with van der Waals surface area (Å²) in [5, 5.41) is 4.14. The van der Waals surface area contributed by atoms with E-state index in [9.17, 15) is 13.2 Å². The molecule has 17 heavy (non-hydrogen) atoms. The van der Waals surface area contributed by atoms with Crippen LogP contribution in [0.4, 0.5) is 18.3 Å². The number of nitrogens with one attached hydrogen (secondary N) is 1. The predicted octanol–water partition coefficient (Wildman–Crippen LogP) is 1.69. The van der Waals surface area contributed by atoms with Crippen molar-refractivity contribution in [2.45, 2.75) is 12.7 Å². The second kappa shape index (κ2) is 4.34. The van der Waals surface area contributed by atoms with Gasteiger partial charge in [-0.05, 0) is 0 Å². The van der Waals surface area contributed by atoms with E-state index in [2.05, 4.69) is 15.5 Å². The number of hydrogen-bond acceptors (Lipinski definition) is 5. The van der Waals surface area contributed by atoms with Gasteiger partial charge in [-0.3, -0.25) is 10.1 Å². The van der Waals surface area contributed by atoms with Crippen LogP contribution in [-0.4, -0.2) is 14.8 Å². The fourth-order valence-corrected chi connectivity index (χ4v) is 1.92. The lowest BCUT2D eigenvalue weighted by molar-refractivity contribution is -0.137. The van der Waals surface area contributed by atoms with Crippen molar-refractivity contribution in [3.05, 3.63) is 29.0 Å². The van der Waals surface area contributed by atoms with Gasteiger partial charge in [-0.25, -0.2) is 10.8 Å². The lowest BCUT2D eigenvalue weighted by atomic mass is 10.4. The Morgan fingerprint density at radius 2 is 2.18 bits per heavy atom. The van der Waals surface area contributed by atoms with Gasteiger partial charge in [0, 0.05) is 17.3 Å². The number of hydrazine groups is 1. The third kappa shape index (κ3) is 2.74. The second-order valence-corrected chi connectivity index (χ2v) is 4.32. The van der Waals surface area contributed by atoms with Gasteiger partial charge in [-0.1, -0.05) is 11.3 Å². The molecule has 0 aliphatic heterocycles. The third-order valence-electron chi connectivity index (χ3n) is 1.96. The van der Waals surface area contributed by atoms with Crippen molar-refractivity contribution in [1.29, 1.82) is 0 Å². The van der Waals surface area contributed by atoms with Gasteiger partial charge in [0.15, 0.2) is 5.13 Å². The predicted molar refractivity (Wildman–Crippen MR) is 56.3 cm³/mol. The molecule has 0 aliphatic rings. The molecule has 0 unspecified atom stereocenters. The number of thiazole rings is 1. The Labute approximate surface area is 98.0 Å². The summed E-state index contributed by atoms with van der Waals surface area (Å²) in [6.07, 6.45) is -1.08.